The molecule has 0 spiro atoms. The van der Waals surface area contributed by atoms with Crippen molar-refractivity contribution in [1.82, 2.24) is 118 Å². The summed E-state index contributed by atoms with van der Waals surface area (Å²) in [6.07, 6.45) is 15.6. The summed E-state index contributed by atoms with van der Waals surface area (Å²) in [4.78, 5) is 121. The summed E-state index contributed by atoms with van der Waals surface area (Å²) < 4.78 is 212. The Balaban J connectivity index is 0.000000211. The van der Waals surface area contributed by atoms with Crippen molar-refractivity contribution in [2.24, 2.45) is 0 Å². The Labute approximate surface area is 814 Å². The normalized spacial score (nSPS) is 11.5. The van der Waals surface area contributed by atoms with Gasteiger partial charge in [0.2, 0.25) is 0 Å². The molecule has 0 aliphatic carbocycles. The van der Waals surface area contributed by atoms with Gasteiger partial charge in [-0.25, -0.2) is 102 Å². The van der Waals surface area contributed by atoms with E-state index in [1.165, 1.54) is 131 Å². The highest BCUT2D eigenvalue weighted by Crippen LogP contribution is 2.41. The summed E-state index contributed by atoms with van der Waals surface area (Å²) in [5, 5.41) is 25.4. The van der Waals surface area contributed by atoms with Crippen LogP contribution in [0.15, 0.2) is 173 Å². The van der Waals surface area contributed by atoms with Crippen molar-refractivity contribution in [2.45, 2.75) is 178 Å². The van der Waals surface area contributed by atoms with Gasteiger partial charge in [-0.05, 0) is 141 Å². The Morgan fingerprint density at radius 1 is 0.444 bits per heavy atom. The van der Waals surface area contributed by atoms with Gasteiger partial charge in [0.25, 0.3) is 0 Å². The van der Waals surface area contributed by atoms with E-state index >= 15 is 0 Å². The number of esters is 1. The third kappa shape index (κ3) is 31.7. The highest BCUT2D eigenvalue weighted by atomic mass is 19.4. The third-order valence-corrected chi connectivity index (χ3v) is 18.8. The number of carbonyl (C=O) groups excluding carboxylic acids is 6. The molecule has 0 atom stereocenters. The minimum atomic E-state index is -4.82. The molecule has 54 heteroatoms. The SMILES string of the molecule is C#Cc1ccc(NC(=O)N(C)c2cn(-c3cncnc3)nc2C)cc1.CC(C)OC(=O)Cc1cc(-c2cncnc2)nn1C(F)F.CC(C)OC(=O)N(C)c1cc(-c2cncnc2)nn1C(F)F.CCN(C(=O)OC(C)(C)C)c1cn(-c2cncc(F)c2)nc1C(F)(F)F.CCN(C(=O)OC(C)(C)C)c1cn(-c2cncnc2)nc1C(F)(F)F.CN(C(=O)N(C)C(C)(C)C)c1cn(-c2cncnc2)nc1C(F)(F)F. The molecule has 1 aromatic carbocycles. The molecule has 0 unspecified atom stereocenters. The van der Waals surface area contributed by atoms with Gasteiger partial charge < -0.3 is 29.2 Å². The van der Waals surface area contributed by atoms with Gasteiger partial charge >= 0.3 is 67.9 Å². The number of pyridine rings is 1. The number of hydrogen-bond acceptors (Lipinski definition) is 27. The molecule has 0 radical (unpaired) electrons. The molecule has 0 saturated carbocycles. The number of aromatic nitrogens is 23. The van der Waals surface area contributed by atoms with Crippen molar-refractivity contribution in [3.63, 3.8) is 0 Å². The molecule has 7 amide bonds. The van der Waals surface area contributed by atoms with E-state index in [4.69, 9.17) is 25.4 Å². The Morgan fingerprint density at radius 2 is 0.819 bits per heavy atom. The number of nitrogens with zero attached hydrogens (tertiary/aromatic N) is 29. The number of alkyl halides is 13. The second kappa shape index (κ2) is 48.5. The van der Waals surface area contributed by atoms with E-state index in [-0.39, 0.29) is 83.4 Å². The summed E-state index contributed by atoms with van der Waals surface area (Å²) in [5.41, 5.74) is -1.57. The van der Waals surface area contributed by atoms with Gasteiger partial charge in [0.15, 0.2) is 17.1 Å². The van der Waals surface area contributed by atoms with E-state index in [0.717, 1.165) is 81.9 Å². The fraction of sp³-hybridized carbons (Fsp3) is 0.367. The summed E-state index contributed by atoms with van der Waals surface area (Å²) >= 11 is 0. The van der Waals surface area contributed by atoms with Gasteiger partial charge in [-0.2, -0.15) is 92.3 Å². The van der Waals surface area contributed by atoms with Gasteiger partial charge in [-0.3, -0.25) is 34.3 Å². The van der Waals surface area contributed by atoms with Crippen LogP contribution in [0.5, 0.6) is 0 Å². The number of amides is 7. The molecule has 0 saturated heterocycles. The van der Waals surface area contributed by atoms with E-state index in [1.54, 1.807) is 152 Å². The van der Waals surface area contributed by atoms with Gasteiger partial charge in [-0.1, -0.05) is 5.92 Å². The first-order valence-corrected chi connectivity index (χ1v) is 42.8. The zero-order valence-corrected chi connectivity index (χ0v) is 81.0. The average Bonchev–Trinajstić information content (AvgIpc) is 1.64. The molecule has 40 nitrogen and oxygen atoms in total. The predicted octanol–water partition coefficient (Wildman–Crippen LogP) is 18.2. The van der Waals surface area contributed by atoms with E-state index in [1.807, 2.05) is 6.92 Å². The molecular formula is C90H100F14N30O10. The molecule has 13 rings (SSSR count). The van der Waals surface area contributed by atoms with Crippen molar-refractivity contribution in [3.8, 4) is 57.6 Å². The largest absolute Gasteiger partial charge is 0.463 e. The Hall–Kier alpha value is -16.6. The fourth-order valence-electron chi connectivity index (χ4n) is 11.9. The minimum absolute atomic E-state index is 0.0120. The molecule has 0 aliphatic rings. The number of terminal acetylenes is 1. The quantitative estimate of drug-likeness (QED) is 0.0320. The van der Waals surface area contributed by atoms with Crippen molar-refractivity contribution < 1.29 is 109 Å². The standard InChI is InChI=1S/C18H16N6O.C16H18F4N4O2.C15H19F3N6O.C15H18F3N5O2.C13H15F2N5O2.C13H14F2N4O2/c1-4-14-5-7-15(8-6-14)21-18(25)23(3)17-11-24(22-13(17)2)16-9-19-12-20-10-16;1-5-23(14(25)26-15(2,3)4)12-9-24(22-13(12)16(18,19)20)11-6-10(17)7-21-8-11;1-14(2,3)23(5)13(25)22(4)11-8-24(10-6-19-9-20-7-10)21-12(11)15(16,17)18;1-5-22(13(24)25-14(2,3)4)11-8-23(10-6-19-9-20-7-10)21-12(11)15(16,17)18;1-8(2)22-13(21)19(3)11-4-10(18-20(11)12(14)15)9-5-16-7-17-6-9;1-8(2)21-12(20)4-10-3-11(18-19(10)13(14)15)9-5-16-7-17-6-9/h1,5-12H,2-3H3,(H,21,25);6-9H,5H2,1-4H3;6-9H,1-5H3;6-9H,5H2,1-4H3;4-8,12H,1-3H3;3,5-8,13H,4H2,1-2H3. The molecule has 0 aliphatic heterocycles. The first-order valence-electron chi connectivity index (χ1n) is 42.8. The van der Waals surface area contributed by atoms with Crippen LogP contribution in [0.4, 0.5) is 120 Å². The van der Waals surface area contributed by atoms with Gasteiger partial charge in [0, 0.05) is 106 Å². The number of anilines is 6. The van der Waals surface area contributed by atoms with Crippen LogP contribution in [0, 0.1) is 25.1 Å². The average molecular weight is 2030 g/mol. The molecule has 12 heterocycles. The second-order valence-corrected chi connectivity index (χ2v) is 33.7. The zero-order valence-electron chi connectivity index (χ0n) is 81.0. The maximum atomic E-state index is 13.4. The van der Waals surface area contributed by atoms with E-state index in [2.05, 4.69) is 96.7 Å². The first-order chi connectivity index (χ1) is 67.3. The lowest BCUT2D eigenvalue weighted by molar-refractivity contribution is -0.147. The molecule has 0 bridgehead atoms. The van der Waals surface area contributed by atoms with Crippen LogP contribution in [0.25, 0.3) is 45.3 Å². The third-order valence-electron chi connectivity index (χ3n) is 18.8. The van der Waals surface area contributed by atoms with E-state index in [0.29, 0.717) is 37.6 Å². The molecule has 1 N–H and O–H groups in total. The molecule has 768 valence electrons. The molecular weight excluding hydrogens is 1930 g/mol. The highest BCUT2D eigenvalue weighted by molar-refractivity contribution is 6.02. The monoisotopic (exact) mass is 2030 g/mol. The van der Waals surface area contributed by atoms with Crippen LogP contribution in [0.1, 0.15) is 151 Å². The molecule has 0 fully saturated rings. The van der Waals surface area contributed by atoms with Crippen LogP contribution >= 0.6 is 0 Å². The van der Waals surface area contributed by atoms with E-state index in [9.17, 15) is 90.2 Å². The summed E-state index contributed by atoms with van der Waals surface area (Å²) in [6, 6.07) is 9.95. The molecule has 13 aromatic rings. The maximum Gasteiger partial charge on any atom is 0.437 e. The first kappa shape index (κ1) is 113. The zero-order chi connectivity index (χ0) is 107. The van der Waals surface area contributed by atoms with Crippen LogP contribution < -0.4 is 29.8 Å². The Morgan fingerprint density at radius 3 is 1.20 bits per heavy atom. The number of hydrogen-bond donors (Lipinski definition) is 1. The number of rotatable bonds is 20. The van der Waals surface area contributed by atoms with Crippen LogP contribution in [-0.4, -0.2) is 225 Å². The number of urea groups is 2. The summed E-state index contributed by atoms with van der Waals surface area (Å²) in [6.45, 7) is 20.8. The van der Waals surface area contributed by atoms with Crippen molar-refractivity contribution in [3.05, 3.63) is 213 Å². The highest BCUT2D eigenvalue weighted by Gasteiger charge is 2.44. The lowest BCUT2D eigenvalue weighted by atomic mass is 10.1. The number of benzene rings is 1. The Bertz CT molecular complexity index is 6460. The second-order valence-electron chi connectivity index (χ2n) is 33.7. The van der Waals surface area contributed by atoms with E-state index < -0.39 is 113 Å². The fourth-order valence-corrected chi connectivity index (χ4v) is 11.9. The number of nitrogens with one attached hydrogen (secondary N) is 1. The summed E-state index contributed by atoms with van der Waals surface area (Å²) in [7, 11) is 5.83. The van der Waals surface area contributed by atoms with Gasteiger partial charge in [0.1, 0.15) is 71.5 Å². The minimum Gasteiger partial charge on any atom is -0.463 e. The number of aryl methyl sites for hydroxylation is 1. The maximum absolute atomic E-state index is 13.4. The molecule has 144 heavy (non-hydrogen) atoms. The Kier molecular flexibility index (Phi) is 38.0. The van der Waals surface area contributed by atoms with Crippen LogP contribution in [0.3, 0.4) is 0 Å². The van der Waals surface area contributed by atoms with Gasteiger partial charge in [-0.15, -0.1) is 6.42 Å². The number of carbonyl (C=O) groups is 6. The van der Waals surface area contributed by atoms with Crippen molar-refractivity contribution >= 4 is 70.6 Å². The van der Waals surface area contributed by atoms with Gasteiger partial charge in [0.05, 0.1) is 144 Å². The molecule has 12 aromatic heterocycles. The predicted molar refractivity (Wildman–Crippen MR) is 494 cm³/mol. The topological polar surface area (TPSA) is 420 Å². The number of halogens is 14. The number of ether oxygens (including phenoxy) is 4. The lowest BCUT2D eigenvalue weighted by Crippen LogP contribution is -2.48. The lowest BCUT2D eigenvalue weighted by Gasteiger charge is -2.35. The van der Waals surface area contributed by atoms with Crippen LogP contribution in [0.2, 0.25) is 0 Å². The van der Waals surface area contributed by atoms with Crippen LogP contribution in [-0.2, 0) is 48.7 Å². The summed E-state index contributed by atoms with van der Waals surface area (Å²) in [5.74, 6) is 1.14. The smallest absolute Gasteiger partial charge is 0.437 e. The van der Waals surface area contributed by atoms with Crippen molar-refractivity contribution in [2.75, 3.05) is 71.1 Å². The van der Waals surface area contributed by atoms with Crippen molar-refractivity contribution in [1.29, 1.82) is 0 Å².